The Hall–Kier alpha value is -4.11. The first-order valence-corrected chi connectivity index (χ1v) is 13.3. The molecule has 202 valence electrons. The van der Waals surface area contributed by atoms with Crippen molar-refractivity contribution >= 4 is 45.5 Å². The van der Waals surface area contributed by atoms with Gasteiger partial charge in [0, 0.05) is 4.47 Å². The van der Waals surface area contributed by atoms with Crippen LogP contribution < -0.4 is 24.4 Å². The number of hydrogen-bond acceptors (Lipinski definition) is 6. The zero-order valence-corrected chi connectivity index (χ0v) is 23.5. The average Bonchev–Trinajstić information content (AvgIpc) is 2.94. The van der Waals surface area contributed by atoms with Crippen LogP contribution in [0.3, 0.4) is 0 Å². The molecular formula is C30H29BrN2O6. The van der Waals surface area contributed by atoms with Crippen LogP contribution in [0.2, 0.25) is 0 Å². The van der Waals surface area contributed by atoms with Crippen molar-refractivity contribution in [3.63, 3.8) is 0 Å². The highest BCUT2D eigenvalue weighted by Crippen LogP contribution is 2.30. The Bertz CT molecular complexity index is 1390. The van der Waals surface area contributed by atoms with Gasteiger partial charge in [-0.25, -0.2) is 9.69 Å². The molecule has 1 atom stereocenters. The maximum absolute atomic E-state index is 13.1. The molecule has 9 heteroatoms. The minimum absolute atomic E-state index is 0.180. The number of amides is 4. The maximum atomic E-state index is 13.1. The highest BCUT2D eigenvalue weighted by Gasteiger charge is 2.36. The van der Waals surface area contributed by atoms with Crippen molar-refractivity contribution in [1.29, 1.82) is 0 Å². The first-order valence-electron chi connectivity index (χ1n) is 12.5. The maximum Gasteiger partial charge on any atom is 0.335 e. The van der Waals surface area contributed by atoms with Crippen molar-refractivity contribution in [3.8, 4) is 17.2 Å². The van der Waals surface area contributed by atoms with Gasteiger partial charge in [0.15, 0.2) is 11.5 Å². The van der Waals surface area contributed by atoms with Gasteiger partial charge in [-0.2, -0.15) is 0 Å². The fourth-order valence-corrected chi connectivity index (χ4v) is 4.25. The number of ether oxygens (including phenoxy) is 3. The molecule has 1 saturated heterocycles. The summed E-state index contributed by atoms with van der Waals surface area (Å²) in [6.45, 7) is 4.98. The third kappa shape index (κ3) is 6.67. The molecule has 4 rings (SSSR count). The van der Waals surface area contributed by atoms with E-state index in [1.54, 1.807) is 42.5 Å². The van der Waals surface area contributed by atoms with Crippen molar-refractivity contribution in [2.75, 3.05) is 25.2 Å². The van der Waals surface area contributed by atoms with E-state index in [0.29, 0.717) is 35.3 Å². The second-order valence-corrected chi connectivity index (χ2v) is 9.84. The summed E-state index contributed by atoms with van der Waals surface area (Å²) < 4.78 is 17.9. The number of urea groups is 1. The zero-order chi connectivity index (χ0) is 27.9. The van der Waals surface area contributed by atoms with E-state index in [-0.39, 0.29) is 12.2 Å². The van der Waals surface area contributed by atoms with Crippen LogP contribution in [-0.2, 0) is 9.59 Å². The van der Waals surface area contributed by atoms with Crippen molar-refractivity contribution < 1.29 is 28.6 Å². The standard InChI is InChI=1S/C30H29BrN2O6/c1-4-19(2)21-6-12-24(13-7-21)38-15-16-39-26-14-5-20(18-27(26)37-3)17-25-28(34)32-30(36)33(29(25)35)23-10-8-22(31)9-11-23/h5-14,17-19H,4,15-16H2,1-3H3,(H,32,34,36)/b25-17-. The van der Waals surface area contributed by atoms with Crippen molar-refractivity contribution in [2.24, 2.45) is 0 Å². The molecule has 0 radical (unpaired) electrons. The lowest BCUT2D eigenvalue weighted by molar-refractivity contribution is -0.122. The second kappa shape index (κ2) is 12.6. The van der Waals surface area contributed by atoms with Crippen LogP contribution in [0.25, 0.3) is 6.08 Å². The van der Waals surface area contributed by atoms with E-state index < -0.39 is 17.8 Å². The third-order valence-corrected chi connectivity index (χ3v) is 6.88. The normalized spacial score (nSPS) is 15.2. The Morgan fingerprint density at radius 2 is 1.62 bits per heavy atom. The molecule has 3 aromatic rings. The summed E-state index contributed by atoms with van der Waals surface area (Å²) in [4.78, 5) is 38.9. The monoisotopic (exact) mass is 592 g/mol. The lowest BCUT2D eigenvalue weighted by atomic mass is 9.99. The van der Waals surface area contributed by atoms with Gasteiger partial charge in [0.25, 0.3) is 11.8 Å². The number of methoxy groups -OCH3 is 1. The minimum atomic E-state index is -0.806. The zero-order valence-electron chi connectivity index (χ0n) is 21.9. The SMILES string of the molecule is CCC(C)c1ccc(OCCOc2ccc(/C=C3/C(=O)NC(=O)N(c4ccc(Br)cc4)C3=O)cc2OC)cc1. The first-order chi connectivity index (χ1) is 18.8. The number of benzene rings is 3. The number of rotatable bonds is 10. The van der Waals surface area contributed by atoms with Crippen molar-refractivity contribution in [1.82, 2.24) is 5.32 Å². The summed E-state index contributed by atoms with van der Waals surface area (Å²) in [7, 11) is 1.50. The van der Waals surface area contributed by atoms with Crippen LogP contribution in [0.5, 0.6) is 17.2 Å². The number of halogens is 1. The Morgan fingerprint density at radius 1 is 0.923 bits per heavy atom. The van der Waals surface area contributed by atoms with E-state index in [1.807, 2.05) is 12.1 Å². The molecule has 1 aliphatic rings. The molecule has 3 aromatic carbocycles. The number of anilines is 1. The van der Waals surface area contributed by atoms with Crippen LogP contribution in [-0.4, -0.2) is 38.2 Å². The van der Waals surface area contributed by atoms with Gasteiger partial charge in [-0.05, 0) is 78.1 Å². The lowest BCUT2D eigenvalue weighted by Crippen LogP contribution is -2.54. The summed E-state index contributed by atoms with van der Waals surface area (Å²) >= 11 is 3.33. The predicted octanol–water partition coefficient (Wildman–Crippen LogP) is 6.10. The van der Waals surface area contributed by atoms with E-state index in [4.69, 9.17) is 14.2 Å². The van der Waals surface area contributed by atoms with Gasteiger partial charge in [-0.3, -0.25) is 14.9 Å². The van der Waals surface area contributed by atoms with E-state index in [1.165, 1.54) is 18.7 Å². The van der Waals surface area contributed by atoms with Crippen LogP contribution >= 0.6 is 15.9 Å². The number of hydrogen-bond donors (Lipinski definition) is 1. The van der Waals surface area contributed by atoms with Gasteiger partial charge in [0.1, 0.15) is 24.5 Å². The smallest absolute Gasteiger partial charge is 0.335 e. The summed E-state index contributed by atoms with van der Waals surface area (Å²) in [6.07, 6.45) is 2.49. The van der Waals surface area contributed by atoms with Gasteiger partial charge >= 0.3 is 6.03 Å². The van der Waals surface area contributed by atoms with Gasteiger partial charge < -0.3 is 14.2 Å². The third-order valence-electron chi connectivity index (χ3n) is 6.36. The van der Waals surface area contributed by atoms with Gasteiger partial charge in [0.05, 0.1) is 12.8 Å². The molecular weight excluding hydrogens is 564 g/mol. The van der Waals surface area contributed by atoms with Crippen LogP contribution in [0, 0.1) is 0 Å². The van der Waals surface area contributed by atoms with Gasteiger partial charge in [-0.1, -0.05) is 48.0 Å². The van der Waals surface area contributed by atoms with E-state index in [0.717, 1.165) is 21.5 Å². The molecule has 0 saturated carbocycles. The van der Waals surface area contributed by atoms with Gasteiger partial charge in [0.2, 0.25) is 0 Å². The molecule has 1 N–H and O–H groups in total. The molecule has 0 aromatic heterocycles. The highest BCUT2D eigenvalue weighted by molar-refractivity contribution is 9.10. The van der Waals surface area contributed by atoms with E-state index >= 15 is 0 Å². The Balaban J connectivity index is 1.42. The molecule has 1 heterocycles. The molecule has 0 bridgehead atoms. The predicted molar refractivity (Wildman–Crippen MR) is 152 cm³/mol. The number of imide groups is 2. The highest BCUT2D eigenvalue weighted by atomic mass is 79.9. The Labute approximate surface area is 235 Å². The second-order valence-electron chi connectivity index (χ2n) is 8.92. The molecule has 1 aliphatic heterocycles. The molecule has 4 amide bonds. The van der Waals surface area contributed by atoms with Crippen LogP contribution in [0.1, 0.15) is 37.3 Å². The Morgan fingerprint density at radius 3 is 2.28 bits per heavy atom. The Kier molecular flexibility index (Phi) is 9.03. The quantitative estimate of drug-likeness (QED) is 0.174. The van der Waals surface area contributed by atoms with E-state index in [9.17, 15) is 14.4 Å². The lowest BCUT2D eigenvalue weighted by Gasteiger charge is -2.26. The molecule has 1 fully saturated rings. The average molecular weight is 593 g/mol. The van der Waals surface area contributed by atoms with Crippen molar-refractivity contribution in [3.05, 3.63) is 87.9 Å². The summed E-state index contributed by atoms with van der Waals surface area (Å²) in [5, 5.41) is 2.22. The number of carbonyl (C=O) groups excluding carboxylic acids is 3. The molecule has 8 nitrogen and oxygen atoms in total. The number of nitrogens with zero attached hydrogens (tertiary/aromatic N) is 1. The van der Waals surface area contributed by atoms with E-state index in [2.05, 4.69) is 47.2 Å². The molecule has 0 aliphatic carbocycles. The fourth-order valence-electron chi connectivity index (χ4n) is 3.98. The fraction of sp³-hybridized carbons (Fsp3) is 0.233. The topological polar surface area (TPSA) is 94.2 Å². The molecule has 39 heavy (non-hydrogen) atoms. The minimum Gasteiger partial charge on any atom is -0.493 e. The summed E-state index contributed by atoms with van der Waals surface area (Å²) in [6, 6.07) is 18.9. The van der Waals surface area contributed by atoms with Gasteiger partial charge in [-0.15, -0.1) is 0 Å². The summed E-state index contributed by atoms with van der Waals surface area (Å²) in [5.41, 5.74) is 1.97. The molecule has 1 unspecified atom stereocenters. The van der Waals surface area contributed by atoms with Crippen molar-refractivity contribution in [2.45, 2.75) is 26.2 Å². The first kappa shape index (κ1) is 27.9. The van der Waals surface area contributed by atoms with Crippen LogP contribution in [0.15, 0.2) is 76.8 Å². The number of barbiturate groups is 1. The van der Waals surface area contributed by atoms with Crippen LogP contribution in [0.4, 0.5) is 10.5 Å². The number of nitrogens with one attached hydrogen (secondary N) is 1. The largest absolute Gasteiger partial charge is 0.493 e. The molecule has 0 spiro atoms. The summed E-state index contributed by atoms with van der Waals surface area (Å²) in [5.74, 6) is 0.692. The number of carbonyl (C=O) groups is 3.